The van der Waals surface area contributed by atoms with Crippen LogP contribution in [0.15, 0.2) is 67.9 Å². The van der Waals surface area contributed by atoms with Crippen LogP contribution >= 0.6 is 34.9 Å². The van der Waals surface area contributed by atoms with Crippen molar-refractivity contribution >= 4 is 45.9 Å². The SMILES string of the molecule is Cc1nnc(Sc2ccc(Sc3ccc(F)cc3)c(C(=O)Nc3nccs3)n2)[nH]1. The van der Waals surface area contributed by atoms with Crippen molar-refractivity contribution in [1.82, 2.24) is 25.1 Å². The Kier molecular flexibility index (Phi) is 5.88. The molecule has 146 valence electrons. The van der Waals surface area contributed by atoms with Gasteiger partial charge in [-0.15, -0.1) is 21.5 Å². The second kappa shape index (κ2) is 8.72. The Hall–Kier alpha value is -2.76. The minimum atomic E-state index is -0.374. The van der Waals surface area contributed by atoms with Gasteiger partial charge in [0, 0.05) is 21.4 Å². The van der Waals surface area contributed by atoms with Gasteiger partial charge in [0.15, 0.2) is 10.3 Å². The Labute approximate surface area is 177 Å². The predicted molar refractivity (Wildman–Crippen MR) is 110 cm³/mol. The van der Waals surface area contributed by atoms with E-state index in [1.54, 1.807) is 36.7 Å². The molecule has 3 aromatic heterocycles. The van der Waals surface area contributed by atoms with Crippen molar-refractivity contribution in [3.63, 3.8) is 0 Å². The van der Waals surface area contributed by atoms with Gasteiger partial charge >= 0.3 is 0 Å². The van der Waals surface area contributed by atoms with Crippen LogP contribution in [0.2, 0.25) is 0 Å². The number of pyridine rings is 1. The van der Waals surface area contributed by atoms with E-state index in [1.165, 1.54) is 47.0 Å². The number of aromatic nitrogens is 5. The van der Waals surface area contributed by atoms with E-state index in [0.29, 0.717) is 26.0 Å². The topological polar surface area (TPSA) is 96.5 Å². The Balaban J connectivity index is 1.64. The third-order valence-electron chi connectivity index (χ3n) is 3.52. The summed E-state index contributed by atoms with van der Waals surface area (Å²) < 4.78 is 13.2. The molecule has 4 aromatic rings. The van der Waals surface area contributed by atoms with E-state index in [9.17, 15) is 9.18 Å². The van der Waals surface area contributed by atoms with Gasteiger partial charge in [0.1, 0.15) is 22.4 Å². The molecule has 4 rings (SSSR count). The largest absolute Gasteiger partial charge is 0.320 e. The van der Waals surface area contributed by atoms with Crippen LogP contribution in [0.25, 0.3) is 0 Å². The summed E-state index contributed by atoms with van der Waals surface area (Å²) >= 11 is 3.92. The van der Waals surface area contributed by atoms with Crippen LogP contribution < -0.4 is 5.32 Å². The van der Waals surface area contributed by atoms with Gasteiger partial charge in [0.05, 0.1) is 0 Å². The van der Waals surface area contributed by atoms with E-state index in [1.807, 2.05) is 6.07 Å². The van der Waals surface area contributed by atoms with Crippen LogP contribution in [0, 0.1) is 12.7 Å². The molecular weight excluding hydrogens is 431 g/mol. The lowest BCUT2D eigenvalue weighted by atomic mass is 10.3. The minimum Gasteiger partial charge on any atom is -0.320 e. The standard InChI is InChI=1S/C18H13FN6OS3/c1-10-21-18(25-24-10)29-14-7-6-13(28-12-4-2-11(19)3-5-12)15(22-14)16(26)23-17-20-8-9-27-17/h2-9H,1H3,(H,20,23,26)(H,21,24,25). The molecule has 0 radical (unpaired) electrons. The average Bonchev–Trinajstić information content (AvgIpc) is 3.36. The molecular formula is C18H13FN6OS3. The Morgan fingerprint density at radius 2 is 1.97 bits per heavy atom. The Morgan fingerprint density at radius 1 is 1.14 bits per heavy atom. The fourth-order valence-corrected chi connectivity index (χ4v) is 4.44. The number of halogens is 1. The fourth-order valence-electron chi connectivity index (χ4n) is 2.27. The molecule has 0 spiro atoms. The summed E-state index contributed by atoms with van der Waals surface area (Å²) in [5.74, 6) is 0.00166. The molecule has 0 unspecified atom stereocenters. The molecule has 0 bridgehead atoms. The van der Waals surface area contributed by atoms with Gasteiger partial charge in [-0.3, -0.25) is 10.1 Å². The molecule has 0 fully saturated rings. The summed E-state index contributed by atoms with van der Waals surface area (Å²) in [6.45, 7) is 1.81. The molecule has 0 aliphatic rings. The smallest absolute Gasteiger partial charge is 0.277 e. The molecule has 1 amide bonds. The van der Waals surface area contributed by atoms with Gasteiger partial charge in [-0.1, -0.05) is 11.8 Å². The molecule has 11 heteroatoms. The number of carbonyl (C=O) groups is 1. The average molecular weight is 445 g/mol. The van der Waals surface area contributed by atoms with Crippen molar-refractivity contribution in [2.45, 2.75) is 26.9 Å². The maximum absolute atomic E-state index is 13.2. The lowest BCUT2D eigenvalue weighted by Gasteiger charge is -2.10. The number of H-pyrrole nitrogens is 1. The van der Waals surface area contributed by atoms with Gasteiger partial charge in [-0.05, 0) is 55.1 Å². The van der Waals surface area contributed by atoms with Crippen LogP contribution in [0.5, 0.6) is 0 Å². The Morgan fingerprint density at radius 3 is 2.66 bits per heavy atom. The zero-order valence-electron chi connectivity index (χ0n) is 14.9. The summed E-state index contributed by atoms with van der Waals surface area (Å²) in [4.78, 5) is 25.9. The number of thiazole rings is 1. The van der Waals surface area contributed by atoms with Crippen LogP contribution in [-0.4, -0.2) is 31.1 Å². The van der Waals surface area contributed by atoms with Crippen molar-refractivity contribution in [2.75, 3.05) is 5.32 Å². The third-order valence-corrected chi connectivity index (χ3v) is 6.08. The molecule has 7 nitrogen and oxygen atoms in total. The number of aryl methyl sites for hydroxylation is 1. The zero-order chi connectivity index (χ0) is 20.2. The van der Waals surface area contributed by atoms with Gasteiger partial charge in [-0.25, -0.2) is 14.4 Å². The molecule has 29 heavy (non-hydrogen) atoms. The highest BCUT2D eigenvalue weighted by Crippen LogP contribution is 2.33. The highest BCUT2D eigenvalue weighted by molar-refractivity contribution is 7.99. The maximum Gasteiger partial charge on any atom is 0.277 e. The van der Waals surface area contributed by atoms with Gasteiger partial charge < -0.3 is 4.98 Å². The third kappa shape index (κ3) is 5.00. The van der Waals surface area contributed by atoms with Crippen molar-refractivity contribution in [3.8, 4) is 0 Å². The summed E-state index contributed by atoms with van der Waals surface area (Å²) in [7, 11) is 0. The number of benzene rings is 1. The van der Waals surface area contributed by atoms with Crippen molar-refractivity contribution in [3.05, 3.63) is 65.3 Å². The number of nitrogens with one attached hydrogen (secondary N) is 2. The van der Waals surface area contributed by atoms with E-state index >= 15 is 0 Å². The van der Waals surface area contributed by atoms with Crippen molar-refractivity contribution in [2.24, 2.45) is 0 Å². The van der Waals surface area contributed by atoms with Crippen molar-refractivity contribution in [1.29, 1.82) is 0 Å². The van der Waals surface area contributed by atoms with Crippen LogP contribution in [-0.2, 0) is 0 Å². The van der Waals surface area contributed by atoms with E-state index in [-0.39, 0.29) is 17.4 Å². The highest BCUT2D eigenvalue weighted by Gasteiger charge is 2.18. The summed E-state index contributed by atoms with van der Waals surface area (Å²) in [5.41, 5.74) is 0.246. The first kappa shape index (κ1) is 19.6. The Bertz CT molecular complexity index is 1130. The van der Waals surface area contributed by atoms with E-state index in [2.05, 4.69) is 30.5 Å². The quantitative estimate of drug-likeness (QED) is 0.446. The highest BCUT2D eigenvalue weighted by atomic mass is 32.2. The molecule has 0 aliphatic heterocycles. The fraction of sp³-hybridized carbons (Fsp3) is 0.0556. The molecule has 3 heterocycles. The monoisotopic (exact) mass is 444 g/mol. The number of aromatic amines is 1. The molecule has 0 aliphatic carbocycles. The second-order valence-corrected chi connectivity index (χ2v) is 8.68. The molecule has 1 aromatic carbocycles. The number of carbonyl (C=O) groups excluding carboxylic acids is 1. The van der Waals surface area contributed by atoms with E-state index in [0.717, 1.165) is 4.90 Å². The lowest BCUT2D eigenvalue weighted by Crippen LogP contribution is -2.15. The minimum absolute atomic E-state index is 0.246. The second-order valence-electron chi connectivity index (χ2n) is 5.66. The number of nitrogens with zero attached hydrogens (tertiary/aromatic N) is 4. The first-order valence-electron chi connectivity index (χ1n) is 8.29. The number of hydrogen-bond acceptors (Lipinski definition) is 8. The van der Waals surface area contributed by atoms with Crippen LogP contribution in [0.3, 0.4) is 0 Å². The normalized spacial score (nSPS) is 10.8. The van der Waals surface area contributed by atoms with Gasteiger partial charge in [-0.2, -0.15) is 0 Å². The van der Waals surface area contributed by atoms with Crippen molar-refractivity contribution < 1.29 is 9.18 Å². The lowest BCUT2D eigenvalue weighted by molar-refractivity contribution is 0.101. The van der Waals surface area contributed by atoms with E-state index < -0.39 is 0 Å². The first-order chi connectivity index (χ1) is 14.1. The predicted octanol–water partition coefficient (Wildman–Crippen LogP) is 4.66. The molecule has 2 N–H and O–H groups in total. The van der Waals surface area contributed by atoms with Gasteiger partial charge in [0.2, 0.25) is 0 Å². The summed E-state index contributed by atoms with van der Waals surface area (Å²) in [5, 5.41) is 14.1. The van der Waals surface area contributed by atoms with Gasteiger partial charge in [0.25, 0.3) is 5.91 Å². The molecule has 0 atom stereocenters. The van der Waals surface area contributed by atoms with Crippen LogP contribution in [0.4, 0.5) is 9.52 Å². The zero-order valence-corrected chi connectivity index (χ0v) is 17.4. The number of anilines is 1. The number of amides is 1. The first-order valence-corrected chi connectivity index (χ1v) is 10.8. The molecule has 0 saturated carbocycles. The number of rotatable bonds is 6. The summed E-state index contributed by atoms with van der Waals surface area (Å²) in [6.07, 6.45) is 1.61. The number of hydrogen-bond donors (Lipinski definition) is 2. The molecule has 0 saturated heterocycles. The maximum atomic E-state index is 13.2. The summed E-state index contributed by atoms with van der Waals surface area (Å²) in [6, 6.07) is 9.67. The van der Waals surface area contributed by atoms with E-state index in [4.69, 9.17) is 0 Å². The van der Waals surface area contributed by atoms with Crippen LogP contribution in [0.1, 0.15) is 16.3 Å².